The Morgan fingerprint density at radius 2 is 1.88 bits per heavy atom. The van der Waals surface area contributed by atoms with E-state index >= 15 is 0 Å². The summed E-state index contributed by atoms with van der Waals surface area (Å²) in [5.41, 5.74) is 0. The topological polar surface area (TPSA) is 35.5 Å². The first kappa shape index (κ1) is 11.8. The minimum atomic E-state index is -1.75. The van der Waals surface area contributed by atoms with Crippen LogP contribution in [0.5, 0.6) is 5.75 Å². The maximum atomic E-state index is 13.2. The van der Waals surface area contributed by atoms with E-state index in [9.17, 15) is 13.6 Å². The van der Waals surface area contributed by atoms with Crippen LogP contribution in [0.25, 0.3) is 0 Å². The fraction of sp³-hybridized carbons (Fsp3) is 0.417. The molecule has 3 nitrogen and oxygen atoms in total. The third-order valence-corrected chi connectivity index (χ3v) is 2.62. The van der Waals surface area contributed by atoms with Crippen molar-refractivity contribution in [3.8, 4) is 5.75 Å². The predicted octanol–water partition coefficient (Wildman–Crippen LogP) is 3.04. The molecule has 92 valence electrons. The summed E-state index contributed by atoms with van der Waals surface area (Å²) >= 11 is 0. The lowest BCUT2D eigenvalue weighted by Crippen LogP contribution is -2.28. The Kier molecular flexibility index (Phi) is 3.56. The number of rotatable bonds is 2. The van der Waals surface area contributed by atoms with Crippen LogP contribution in [0.2, 0.25) is 0 Å². The van der Waals surface area contributed by atoms with Crippen LogP contribution >= 0.6 is 0 Å². The fourth-order valence-electron chi connectivity index (χ4n) is 1.73. The number of alkyl halides is 2. The number of benzene rings is 1. The minimum Gasteiger partial charge on any atom is -0.427 e. The van der Waals surface area contributed by atoms with Crippen LogP contribution in [0, 0.1) is 0 Å². The fourth-order valence-corrected chi connectivity index (χ4v) is 1.73. The van der Waals surface area contributed by atoms with Crippen molar-refractivity contribution in [2.45, 2.75) is 31.3 Å². The Balaban J connectivity index is 1.86. The molecule has 3 atom stereocenters. The van der Waals surface area contributed by atoms with Crippen LogP contribution in [0.3, 0.4) is 0 Å². The first-order valence-corrected chi connectivity index (χ1v) is 5.38. The number of hydrogen-bond donors (Lipinski definition) is 0. The van der Waals surface area contributed by atoms with Gasteiger partial charge in [-0.2, -0.15) is 0 Å². The smallest absolute Gasteiger partial charge is 0.427 e. The van der Waals surface area contributed by atoms with E-state index < -0.39 is 24.6 Å². The van der Waals surface area contributed by atoms with E-state index in [-0.39, 0.29) is 12.8 Å². The van der Waals surface area contributed by atoms with Crippen molar-refractivity contribution in [1.82, 2.24) is 0 Å². The van der Waals surface area contributed by atoms with E-state index in [1.54, 1.807) is 30.3 Å². The molecule has 3 unspecified atom stereocenters. The summed E-state index contributed by atoms with van der Waals surface area (Å²) < 4.78 is 35.5. The molecule has 0 aliphatic heterocycles. The van der Waals surface area contributed by atoms with Gasteiger partial charge in [0.25, 0.3) is 0 Å². The molecule has 0 bridgehead atoms. The van der Waals surface area contributed by atoms with E-state index in [1.165, 1.54) is 0 Å². The van der Waals surface area contributed by atoms with Crippen molar-refractivity contribution < 1.29 is 23.0 Å². The van der Waals surface area contributed by atoms with Gasteiger partial charge in [-0.3, -0.25) is 0 Å². The average Bonchev–Trinajstić information content (AvgIpc) is 2.62. The molecule has 0 aromatic heterocycles. The summed E-state index contributed by atoms with van der Waals surface area (Å²) in [6.07, 6.45) is -5.08. The molecule has 0 N–H and O–H groups in total. The van der Waals surface area contributed by atoms with Gasteiger partial charge in [0.1, 0.15) is 18.0 Å². The number of carbonyl (C=O) groups is 1. The highest BCUT2D eigenvalue weighted by Crippen LogP contribution is 2.28. The van der Waals surface area contributed by atoms with Gasteiger partial charge < -0.3 is 9.47 Å². The van der Waals surface area contributed by atoms with Crippen molar-refractivity contribution >= 4 is 6.16 Å². The molecule has 0 amide bonds. The molecule has 1 aromatic carbocycles. The molecule has 0 spiro atoms. The van der Waals surface area contributed by atoms with E-state index in [1.807, 2.05) is 0 Å². The maximum absolute atomic E-state index is 13.2. The summed E-state index contributed by atoms with van der Waals surface area (Å²) in [7, 11) is 0. The summed E-state index contributed by atoms with van der Waals surface area (Å²) in [6.45, 7) is 0. The normalized spacial score (nSPS) is 27.8. The lowest BCUT2D eigenvalue weighted by molar-refractivity contribution is 0.0192. The van der Waals surface area contributed by atoms with Gasteiger partial charge in [0.05, 0.1) is 0 Å². The van der Waals surface area contributed by atoms with E-state index in [0.29, 0.717) is 5.75 Å². The highest BCUT2D eigenvalue weighted by atomic mass is 19.2. The van der Waals surface area contributed by atoms with Gasteiger partial charge >= 0.3 is 6.16 Å². The highest BCUT2D eigenvalue weighted by molar-refractivity contribution is 5.64. The lowest BCUT2D eigenvalue weighted by atomic mass is 10.3. The van der Waals surface area contributed by atoms with Gasteiger partial charge in [0.15, 0.2) is 6.17 Å². The first-order valence-electron chi connectivity index (χ1n) is 5.38. The number of para-hydroxylation sites is 1. The molecule has 1 fully saturated rings. The van der Waals surface area contributed by atoms with Crippen molar-refractivity contribution in [3.63, 3.8) is 0 Å². The van der Waals surface area contributed by atoms with Gasteiger partial charge in [-0.15, -0.1) is 0 Å². The second kappa shape index (κ2) is 5.12. The SMILES string of the molecule is O=C(Oc1ccccc1)OC1CCC(F)C1F. The van der Waals surface area contributed by atoms with Crippen LogP contribution in [0.1, 0.15) is 12.8 Å². The lowest BCUT2D eigenvalue weighted by Gasteiger charge is -2.14. The standard InChI is InChI=1S/C12H12F2O3/c13-9-6-7-10(11(9)14)17-12(15)16-8-4-2-1-3-5-8/h1-5,9-11H,6-7H2. The second-order valence-electron chi connectivity index (χ2n) is 3.86. The number of ether oxygens (including phenoxy) is 2. The van der Waals surface area contributed by atoms with Crippen LogP contribution in [-0.4, -0.2) is 24.6 Å². The molecule has 0 heterocycles. The van der Waals surface area contributed by atoms with E-state index in [2.05, 4.69) is 0 Å². The van der Waals surface area contributed by atoms with Crippen LogP contribution in [-0.2, 0) is 4.74 Å². The zero-order chi connectivity index (χ0) is 12.3. The predicted molar refractivity (Wildman–Crippen MR) is 56.4 cm³/mol. The summed E-state index contributed by atoms with van der Waals surface area (Å²) in [4.78, 5) is 11.3. The van der Waals surface area contributed by atoms with E-state index in [0.717, 1.165) is 0 Å². The zero-order valence-electron chi connectivity index (χ0n) is 9.01. The van der Waals surface area contributed by atoms with Gasteiger partial charge in [-0.05, 0) is 25.0 Å². The molecule has 1 aliphatic rings. The third kappa shape index (κ3) is 2.93. The van der Waals surface area contributed by atoms with Crippen LogP contribution in [0.4, 0.5) is 13.6 Å². The van der Waals surface area contributed by atoms with Crippen molar-refractivity contribution in [2.75, 3.05) is 0 Å². The van der Waals surface area contributed by atoms with Gasteiger partial charge in [0.2, 0.25) is 0 Å². The maximum Gasteiger partial charge on any atom is 0.514 e. The zero-order valence-corrected chi connectivity index (χ0v) is 9.01. The molecule has 2 rings (SSSR count). The Morgan fingerprint density at radius 3 is 2.47 bits per heavy atom. The molecule has 5 heteroatoms. The summed E-state index contributed by atoms with van der Waals surface area (Å²) in [6, 6.07) is 8.28. The monoisotopic (exact) mass is 242 g/mol. The molecular weight excluding hydrogens is 230 g/mol. The Morgan fingerprint density at radius 1 is 1.18 bits per heavy atom. The van der Waals surface area contributed by atoms with Crippen molar-refractivity contribution in [3.05, 3.63) is 30.3 Å². The molecule has 1 saturated carbocycles. The number of halogens is 2. The van der Waals surface area contributed by atoms with Crippen LogP contribution in [0.15, 0.2) is 30.3 Å². The summed E-state index contributed by atoms with van der Waals surface area (Å²) in [5.74, 6) is 0.308. The van der Waals surface area contributed by atoms with Crippen LogP contribution < -0.4 is 4.74 Å². The second-order valence-corrected chi connectivity index (χ2v) is 3.86. The number of carbonyl (C=O) groups excluding carboxylic acids is 1. The van der Waals surface area contributed by atoms with Crippen molar-refractivity contribution in [2.24, 2.45) is 0 Å². The quantitative estimate of drug-likeness (QED) is 0.590. The average molecular weight is 242 g/mol. The highest BCUT2D eigenvalue weighted by Gasteiger charge is 2.39. The third-order valence-electron chi connectivity index (χ3n) is 2.62. The Hall–Kier alpha value is -1.65. The molecular formula is C12H12F2O3. The Bertz CT molecular complexity index is 383. The van der Waals surface area contributed by atoms with Crippen molar-refractivity contribution in [1.29, 1.82) is 0 Å². The molecule has 1 aromatic rings. The van der Waals surface area contributed by atoms with Gasteiger partial charge in [0, 0.05) is 0 Å². The van der Waals surface area contributed by atoms with Gasteiger partial charge in [-0.25, -0.2) is 13.6 Å². The van der Waals surface area contributed by atoms with E-state index in [4.69, 9.17) is 9.47 Å². The molecule has 1 aliphatic carbocycles. The molecule has 17 heavy (non-hydrogen) atoms. The van der Waals surface area contributed by atoms with Gasteiger partial charge in [-0.1, -0.05) is 18.2 Å². The summed E-state index contributed by atoms with van der Waals surface area (Å²) in [5, 5.41) is 0. The first-order chi connectivity index (χ1) is 8.16. The Labute approximate surface area is 97.3 Å². The molecule has 0 radical (unpaired) electrons. The largest absolute Gasteiger partial charge is 0.514 e. The number of hydrogen-bond acceptors (Lipinski definition) is 3. The molecule has 0 saturated heterocycles. The minimum absolute atomic E-state index is 0.0739.